The number of anilines is 1. The van der Waals surface area contributed by atoms with Gasteiger partial charge in [-0.05, 0) is 39.6 Å². The van der Waals surface area contributed by atoms with Crippen LogP contribution in [0.2, 0.25) is 0 Å². The summed E-state index contributed by atoms with van der Waals surface area (Å²) in [5, 5.41) is 19.6. The molecule has 5 N–H and O–H groups in total. The number of hydrogen-bond acceptors (Lipinski definition) is 7. The van der Waals surface area contributed by atoms with Crippen LogP contribution in [-0.2, 0) is 4.79 Å². The van der Waals surface area contributed by atoms with Crippen molar-refractivity contribution in [3.8, 4) is 6.07 Å². The molecule has 9 heteroatoms. The van der Waals surface area contributed by atoms with Gasteiger partial charge in [0.1, 0.15) is 0 Å². The fraction of sp³-hybridized carbons (Fsp3) is 0.429. The zero-order chi connectivity index (χ0) is 17.1. The fourth-order valence-electron chi connectivity index (χ4n) is 2.48. The van der Waals surface area contributed by atoms with E-state index in [2.05, 4.69) is 25.9 Å². The van der Waals surface area contributed by atoms with Gasteiger partial charge < -0.3 is 5.32 Å². The van der Waals surface area contributed by atoms with E-state index in [1.807, 2.05) is 26.0 Å². The molecular formula is C14H20N8O. The van der Waals surface area contributed by atoms with Gasteiger partial charge in [0.25, 0.3) is 0 Å². The monoisotopic (exact) mass is 316 g/mol. The van der Waals surface area contributed by atoms with E-state index in [-0.39, 0.29) is 0 Å². The molecule has 0 fully saturated rings. The first-order valence-electron chi connectivity index (χ1n) is 7.04. The normalized spacial score (nSPS) is 13.8. The smallest absolute Gasteiger partial charge is 0.246 e. The van der Waals surface area contributed by atoms with Crippen LogP contribution in [0.3, 0.4) is 0 Å². The summed E-state index contributed by atoms with van der Waals surface area (Å²) < 4.78 is 0. The molecule has 122 valence electrons. The van der Waals surface area contributed by atoms with Gasteiger partial charge in [-0.1, -0.05) is 0 Å². The number of aromatic nitrogens is 3. The Morgan fingerprint density at radius 3 is 2.74 bits per heavy atom. The van der Waals surface area contributed by atoms with Gasteiger partial charge >= 0.3 is 0 Å². The summed E-state index contributed by atoms with van der Waals surface area (Å²) >= 11 is 0. The van der Waals surface area contributed by atoms with E-state index in [1.54, 1.807) is 19.0 Å². The van der Waals surface area contributed by atoms with E-state index in [0.717, 1.165) is 16.6 Å². The Morgan fingerprint density at radius 2 is 2.17 bits per heavy atom. The highest BCUT2D eigenvalue weighted by Crippen LogP contribution is 2.24. The molecule has 0 spiro atoms. The molecular weight excluding hydrogens is 296 g/mol. The molecule has 0 aliphatic carbocycles. The zero-order valence-corrected chi connectivity index (χ0v) is 13.5. The Bertz CT molecular complexity index is 760. The molecule has 0 aromatic carbocycles. The van der Waals surface area contributed by atoms with Crippen molar-refractivity contribution < 1.29 is 4.79 Å². The number of fused-ring (bicyclic) bond motifs is 1. The van der Waals surface area contributed by atoms with Crippen LogP contribution in [0.5, 0.6) is 0 Å². The lowest BCUT2D eigenvalue weighted by molar-refractivity contribution is -0.120. The molecule has 0 saturated carbocycles. The molecule has 0 aliphatic rings. The van der Waals surface area contributed by atoms with Crippen molar-refractivity contribution in [2.24, 2.45) is 11.8 Å². The number of H-pyrrole nitrogens is 1. The summed E-state index contributed by atoms with van der Waals surface area (Å²) in [6, 6.07) is 3.87. The van der Waals surface area contributed by atoms with E-state index >= 15 is 0 Å². The first-order chi connectivity index (χ1) is 10.9. The second-order valence-electron chi connectivity index (χ2n) is 5.55. The third-order valence-corrected chi connectivity index (χ3v) is 3.56. The van der Waals surface area contributed by atoms with Gasteiger partial charge in [-0.25, -0.2) is 10.4 Å². The average Bonchev–Trinajstić information content (AvgIpc) is 2.86. The second kappa shape index (κ2) is 6.70. The maximum atomic E-state index is 12.4. The van der Waals surface area contributed by atoms with Gasteiger partial charge in [0.05, 0.1) is 17.6 Å². The predicted molar refractivity (Wildman–Crippen MR) is 85.9 cm³/mol. The third kappa shape index (κ3) is 3.29. The minimum absolute atomic E-state index is 0.352. The summed E-state index contributed by atoms with van der Waals surface area (Å²) in [5.41, 5.74) is 4.85. The van der Waals surface area contributed by atoms with Crippen molar-refractivity contribution in [2.75, 3.05) is 19.4 Å². The first-order valence-corrected chi connectivity index (χ1v) is 7.04. The molecule has 2 rings (SSSR count). The van der Waals surface area contributed by atoms with Gasteiger partial charge in [-0.2, -0.15) is 10.4 Å². The van der Waals surface area contributed by atoms with Gasteiger partial charge in [-0.15, -0.1) is 0 Å². The molecule has 23 heavy (non-hydrogen) atoms. The van der Waals surface area contributed by atoms with Crippen LogP contribution in [0.1, 0.15) is 11.3 Å². The second-order valence-corrected chi connectivity index (χ2v) is 5.55. The molecule has 2 unspecified atom stereocenters. The number of carbonyl (C=O) groups excluding carboxylic acids is 1. The van der Waals surface area contributed by atoms with E-state index in [0.29, 0.717) is 11.5 Å². The zero-order valence-electron chi connectivity index (χ0n) is 13.5. The van der Waals surface area contributed by atoms with Crippen molar-refractivity contribution >= 4 is 22.8 Å². The summed E-state index contributed by atoms with van der Waals surface area (Å²) in [5.74, 6) is 4.30. The number of nitrogens with zero attached hydrogens (tertiary/aromatic N) is 4. The lowest BCUT2D eigenvalue weighted by Crippen LogP contribution is -2.53. The molecule has 9 nitrogen and oxygen atoms in total. The molecule has 2 atom stereocenters. The number of nitriles is 1. The highest BCUT2D eigenvalue weighted by atomic mass is 16.2. The van der Waals surface area contributed by atoms with Gasteiger partial charge in [0, 0.05) is 5.69 Å². The quantitative estimate of drug-likeness (QED) is 0.346. The number of aromatic amines is 1. The molecule has 2 heterocycles. The number of aryl methyl sites for hydroxylation is 2. The number of hydrazine groups is 1. The van der Waals surface area contributed by atoms with Crippen LogP contribution >= 0.6 is 0 Å². The van der Waals surface area contributed by atoms with E-state index < -0.39 is 18.0 Å². The van der Waals surface area contributed by atoms with Crippen LogP contribution < -0.4 is 16.6 Å². The minimum Gasteiger partial charge on any atom is -0.307 e. The van der Waals surface area contributed by atoms with E-state index in [4.69, 9.17) is 5.84 Å². The lowest BCUT2D eigenvalue weighted by atomic mass is 10.1. The van der Waals surface area contributed by atoms with Gasteiger partial charge in [0.2, 0.25) is 5.91 Å². The fourth-order valence-corrected chi connectivity index (χ4v) is 2.48. The maximum absolute atomic E-state index is 12.4. The van der Waals surface area contributed by atoms with Crippen molar-refractivity contribution in [3.63, 3.8) is 0 Å². The molecule has 2 aromatic rings. The standard InChI is InChI=1S/C14H20N8O/c1-7-5-8(2)17-11-10(7)12(21-20-11)18-14(23)9(6-15)13(19-16)22(3)4/h5,9,13,19H,16H2,1-4H3,(H2,17,18,20,21,23). The molecule has 0 bridgehead atoms. The van der Waals surface area contributed by atoms with Crippen molar-refractivity contribution in [1.82, 2.24) is 25.5 Å². The third-order valence-electron chi connectivity index (χ3n) is 3.56. The molecule has 0 aliphatic heterocycles. The molecule has 0 saturated heterocycles. The Kier molecular flexibility index (Phi) is 4.90. The predicted octanol–water partition coefficient (Wildman–Crippen LogP) is 0.00402. The number of amides is 1. The Balaban J connectivity index is 2.31. The Hall–Kier alpha value is -2.54. The summed E-state index contributed by atoms with van der Waals surface area (Å²) in [4.78, 5) is 18.4. The number of nitrogens with one attached hydrogen (secondary N) is 3. The van der Waals surface area contributed by atoms with E-state index in [9.17, 15) is 10.1 Å². The van der Waals surface area contributed by atoms with Crippen molar-refractivity contribution in [3.05, 3.63) is 17.3 Å². The number of pyridine rings is 1. The van der Waals surface area contributed by atoms with Gasteiger partial charge in [0.15, 0.2) is 17.4 Å². The average molecular weight is 316 g/mol. The largest absolute Gasteiger partial charge is 0.307 e. The molecule has 0 radical (unpaired) electrons. The SMILES string of the molecule is Cc1cc(C)c2c(NC(=O)C(C#N)C(NN)N(C)C)n[nH]c2n1. The summed E-state index contributed by atoms with van der Waals surface area (Å²) in [6.07, 6.45) is -0.619. The highest BCUT2D eigenvalue weighted by molar-refractivity contribution is 6.01. The minimum atomic E-state index is -1.000. The van der Waals surface area contributed by atoms with Crippen LogP contribution in [0.15, 0.2) is 6.07 Å². The highest BCUT2D eigenvalue weighted by Gasteiger charge is 2.30. The lowest BCUT2D eigenvalue weighted by Gasteiger charge is -2.26. The number of hydrogen-bond donors (Lipinski definition) is 4. The van der Waals surface area contributed by atoms with Crippen LogP contribution in [0, 0.1) is 31.1 Å². The first kappa shape index (κ1) is 16.8. The molecule has 2 aromatic heterocycles. The van der Waals surface area contributed by atoms with Crippen LogP contribution in [-0.4, -0.2) is 46.2 Å². The summed E-state index contributed by atoms with van der Waals surface area (Å²) in [7, 11) is 3.45. The van der Waals surface area contributed by atoms with E-state index in [1.165, 1.54) is 0 Å². The Labute approximate surface area is 133 Å². The van der Waals surface area contributed by atoms with Crippen molar-refractivity contribution in [2.45, 2.75) is 20.0 Å². The number of rotatable bonds is 5. The number of carbonyl (C=O) groups is 1. The number of nitrogens with two attached hydrogens (primary N) is 1. The van der Waals surface area contributed by atoms with Crippen LogP contribution in [0.4, 0.5) is 5.82 Å². The van der Waals surface area contributed by atoms with Crippen LogP contribution in [0.25, 0.3) is 11.0 Å². The molecule has 1 amide bonds. The Morgan fingerprint density at radius 1 is 1.48 bits per heavy atom. The van der Waals surface area contributed by atoms with Crippen molar-refractivity contribution in [1.29, 1.82) is 5.26 Å². The maximum Gasteiger partial charge on any atom is 0.246 e. The topological polar surface area (TPSA) is 136 Å². The summed E-state index contributed by atoms with van der Waals surface area (Å²) in [6.45, 7) is 3.79. The van der Waals surface area contributed by atoms with Gasteiger partial charge in [-0.3, -0.25) is 20.6 Å².